The van der Waals surface area contributed by atoms with Gasteiger partial charge in [0, 0.05) is 5.69 Å². The summed E-state index contributed by atoms with van der Waals surface area (Å²) in [6.07, 6.45) is 1.29. The molecule has 0 atom stereocenters. The van der Waals surface area contributed by atoms with Crippen LogP contribution in [0.15, 0.2) is 42.0 Å². The van der Waals surface area contributed by atoms with Crippen molar-refractivity contribution in [1.82, 2.24) is 0 Å². The molecule has 10 heteroatoms. The molecule has 0 heterocycles. The summed E-state index contributed by atoms with van der Waals surface area (Å²) >= 11 is 12.3. The Morgan fingerprint density at radius 2 is 1.68 bits per heavy atom. The Bertz CT molecular complexity index is 1050. The molecular weight excluding hydrogens is 447 g/mol. The van der Waals surface area contributed by atoms with Gasteiger partial charge in [0.15, 0.2) is 12.4 Å². The molecule has 1 N–H and O–H groups in total. The van der Waals surface area contributed by atoms with Gasteiger partial charge in [0.05, 0.1) is 29.8 Å². The predicted molar refractivity (Wildman–Crippen MR) is 114 cm³/mol. The van der Waals surface area contributed by atoms with Gasteiger partial charge in [-0.25, -0.2) is 9.59 Å². The molecule has 1 amide bonds. The van der Waals surface area contributed by atoms with Crippen molar-refractivity contribution in [1.29, 1.82) is 5.26 Å². The molecule has 0 aromatic heterocycles. The maximum atomic E-state index is 12.4. The number of hydrogen-bond acceptors (Lipinski definition) is 7. The van der Waals surface area contributed by atoms with Crippen LogP contribution in [-0.4, -0.2) is 38.7 Å². The van der Waals surface area contributed by atoms with E-state index in [2.05, 4.69) is 14.8 Å². The molecule has 0 spiro atoms. The summed E-state index contributed by atoms with van der Waals surface area (Å²) < 4.78 is 14.3. The zero-order chi connectivity index (χ0) is 23.0. The number of nitriles is 1. The van der Waals surface area contributed by atoms with E-state index in [-0.39, 0.29) is 28.0 Å². The second-order valence-electron chi connectivity index (χ2n) is 5.87. The van der Waals surface area contributed by atoms with Crippen LogP contribution in [0.2, 0.25) is 10.0 Å². The molecule has 2 aromatic rings. The third kappa shape index (κ3) is 6.47. The molecule has 0 saturated carbocycles. The SMILES string of the molecule is COC(=O)COc1c(Cl)cc(/C=C(\C#N)C(=O)Nc2ccc(C(=O)OC)cc2)cc1Cl. The molecule has 31 heavy (non-hydrogen) atoms. The van der Waals surface area contributed by atoms with Gasteiger partial charge >= 0.3 is 11.9 Å². The molecule has 8 nitrogen and oxygen atoms in total. The third-order valence-electron chi connectivity index (χ3n) is 3.82. The second-order valence-corrected chi connectivity index (χ2v) is 6.69. The number of ether oxygens (including phenoxy) is 3. The van der Waals surface area contributed by atoms with Crippen LogP contribution < -0.4 is 10.1 Å². The maximum absolute atomic E-state index is 12.4. The fourth-order valence-electron chi connectivity index (χ4n) is 2.31. The predicted octanol–water partition coefficient (Wildman–Crippen LogP) is 3.88. The van der Waals surface area contributed by atoms with Crippen LogP contribution in [0.25, 0.3) is 6.08 Å². The minimum Gasteiger partial charge on any atom is -0.479 e. The van der Waals surface area contributed by atoms with Crippen molar-refractivity contribution in [3.63, 3.8) is 0 Å². The first-order valence-corrected chi connectivity index (χ1v) is 9.34. The number of esters is 2. The van der Waals surface area contributed by atoms with Gasteiger partial charge in [0.25, 0.3) is 5.91 Å². The first kappa shape index (κ1) is 23.7. The topological polar surface area (TPSA) is 115 Å². The van der Waals surface area contributed by atoms with Crippen molar-refractivity contribution in [3.8, 4) is 11.8 Å². The van der Waals surface area contributed by atoms with E-state index in [0.29, 0.717) is 16.8 Å². The highest BCUT2D eigenvalue weighted by atomic mass is 35.5. The van der Waals surface area contributed by atoms with Crippen LogP contribution in [0.4, 0.5) is 5.69 Å². The van der Waals surface area contributed by atoms with Crippen molar-refractivity contribution in [2.45, 2.75) is 0 Å². The van der Waals surface area contributed by atoms with Crippen molar-refractivity contribution in [3.05, 3.63) is 63.1 Å². The van der Waals surface area contributed by atoms with Gasteiger partial charge in [0.2, 0.25) is 0 Å². The van der Waals surface area contributed by atoms with Gasteiger partial charge < -0.3 is 19.5 Å². The lowest BCUT2D eigenvalue weighted by molar-refractivity contribution is -0.142. The van der Waals surface area contributed by atoms with Gasteiger partial charge in [-0.3, -0.25) is 4.79 Å². The number of nitrogens with one attached hydrogen (secondary N) is 1. The summed E-state index contributed by atoms with van der Waals surface area (Å²) in [4.78, 5) is 35.1. The van der Waals surface area contributed by atoms with Crippen molar-refractivity contribution in [2.75, 3.05) is 26.1 Å². The highest BCUT2D eigenvalue weighted by Gasteiger charge is 2.14. The smallest absolute Gasteiger partial charge is 0.343 e. The van der Waals surface area contributed by atoms with Crippen LogP contribution in [0, 0.1) is 11.3 Å². The zero-order valence-corrected chi connectivity index (χ0v) is 17.9. The number of amides is 1. The average Bonchev–Trinajstić information content (AvgIpc) is 2.76. The largest absolute Gasteiger partial charge is 0.479 e. The summed E-state index contributed by atoms with van der Waals surface area (Å²) in [6.45, 7) is -0.383. The quantitative estimate of drug-likeness (QED) is 0.377. The van der Waals surface area contributed by atoms with E-state index in [1.165, 1.54) is 56.7 Å². The average molecular weight is 463 g/mol. The molecule has 0 aliphatic heterocycles. The molecule has 0 radical (unpaired) electrons. The summed E-state index contributed by atoms with van der Waals surface area (Å²) in [5, 5.41) is 12.1. The second kappa shape index (κ2) is 11.0. The van der Waals surface area contributed by atoms with Gasteiger partial charge in [-0.05, 0) is 48.0 Å². The molecule has 160 valence electrons. The van der Waals surface area contributed by atoms with Crippen LogP contribution >= 0.6 is 23.2 Å². The molecule has 0 aliphatic rings. The number of carbonyl (C=O) groups is 3. The van der Waals surface area contributed by atoms with Gasteiger partial charge in [0.1, 0.15) is 11.6 Å². The Kier molecular flexibility index (Phi) is 8.43. The van der Waals surface area contributed by atoms with Gasteiger partial charge in [-0.2, -0.15) is 5.26 Å². The first-order valence-electron chi connectivity index (χ1n) is 8.59. The summed E-state index contributed by atoms with van der Waals surface area (Å²) in [5.41, 5.74) is 0.845. The van der Waals surface area contributed by atoms with E-state index < -0.39 is 17.8 Å². The normalized spacial score (nSPS) is 10.6. The lowest BCUT2D eigenvalue weighted by Crippen LogP contribution is -2.14. The lowest BCUT2D eigenvalue weighted by atomic mass is 10.1. The Morgan fingerprint density at radius 3 is 2.19 bits per heavy atom. The van der Waals surface area contributed by atoms with E-state index in [1.54, 1.807) is 6.07 Å². The van der Waals surface area contributed by atoms with Crippen LogP contribution in [0.1, 0.15) is 15.9 Å². The van der Waals surface area contributed by atoms with E-state index >= 15 is 0 Å². The fourth-order valence-corrected chi connectivity index (χ4v) is 2.92. The number of anilines is 1. The first-order chi connectivity index (χ1) is 14.8. The Balaban J connectivity index is 2.18. The Hall–Kier alpha value is -3.54. The van der Waals surface area contributed by atoms with E-state index in [0.717, 1.165) is 0 Å². The van der Waals surface area contributed by atoms with E-state index in [1.807, 2.05) is 0 Å². The Labute approximate surface area is 187 Å². The van der Waals surface area contributed by atoms with Crippen LogP contribution in [0.5, 0.6) is 5.75 Å². The monoisotopic (exact) mass is 462 g/mol. The van der Waals surface area contributed by atoms with Gasteiger partial charge in [-0.15, -0.1) is 0 Å². The number of hydrogen-bond donors (Lipinski definition) is 1. The van der Waals surface area contributed by atoms with Gasteiger partial charge in [-0.1, -0.05) is 23.2 Å². The fraction of sp³-hybridized carbons (Fsp3) is 0.143. The summed E-state index contributed by atoms with van der Waals surface area (Å²) in [5.74, 6) is -1.73. The molecule has 2 rings (SSSR count). The molecule has 2 aromatic carbocycles. The molecule has 0 aliphatic carbocycles. The number of rotatable bonds is 7. The summed E-state index contributed by atoms with van der Waals surface area (Å²) in [6, 6.07) is 10.6. The highest BCUT2D eigenvalue weighted by molar-refractivity contribution is 6.37. The van der Waals surface area contributed by atoms with Crippen molar-refractivity contribution >= 4 is 52.8 Å². The van der Waals surface area contributed by atoms with E-state index in [9.17, 15) is 19.6 Å². The molecule has 0 saturated heterocycles. The highest BCUT2D eigenvalue weighted by Crippen LogP contribution is 2.35. The van der Waals surface area contributed by atoms with Crippen LogP contribution in [-0.2, 0) is 19.1 Å². The number of nitrogens with zero attached hydrogens (tertiary/aromatic N) is 1. The summed E-state index contributed by atoms with van der Waals surface area (Å²) in [7, 11) is 2.48. The van der Waals surface area contributed by atoms with Crippen molar-refractivity contribution in [2.24, 2.45) is 0 Å². The zero-order valence-electron chi connectivity index (χ0n) is 16.4. The molecule has 0 unspecified atom stereocenters. The molecule has 0 fully saturated rings. The standard InChI is InChI=1S/C21H16Cl2N2O6/c1-29-18(26)11-31-19-16(22)8-12(9-17(19)23)7-14(10-24)20(27)25-15-5-3-13(4-6-15)21(28)30-2/h3-9H,11H2,1-2H3,(H,25,27)/b14-7+. The lowest BCUT2D eigenvalue weighted by Gasteiger charge is -2.10. The molecular formula is C21H16Cl2N2O6. The van der Waals surface area contributed by atoms with E-state index in [4.69, 9.17) is 27.9 Å². The third-order valence-corrected chi connectivity index (χ3v) is 4.38. The maximum Gasteiger partial charge on any atom is 0.343 e. The number of halogens is 2. The minimum absolute atomic E-state index is 0.0690. The number of methoxy groups -OCH3 is 2. The minimum atomic E-state index is -0.674. The van der Waals surface area contributed by atoms with Crippen molar-refractivity contribution < 1.29 is 28.6 Å². The number of carbonyl (C=O) groups excluding carboxylic acids is 3. The van der Waals surface area contributed by atoms with Crippen LogP contribution in [0.3, 0.4) is 0 Å². The number of benzene rings is 2. The molecule has 0 bridgehead atoms. The Morgan fingerprint density at radius 1 is 1.06 bits per heavy atom.